The third-order valence-electron chi connectivity index (χ3n) is 7.72. The van der Waals surface area contributed by atoms with Crippen molar-refractivity contribution in [1.82, 2.24) is 4.98 Å². The Balaban J connectivity index is 1.31. The van der Waals surface area contributed by atoms with Crippen molar-refractivity contribution in [1.29, 1.82) is 0 Å². The summed E-state index contributed by atoms with van der Waals surface area (Å²) in [6.07, 6.45) is 2.02. The highest BCUT2D eigenvalue weighted by Crippen LogP contribution is 2.43. The SMILES string of the molecule is c1ccc(-c2c3ccccc3c(-c3ccc(-c4ccc5oc6ccccc6c5c4)nc3)c3ccccc23)cc1. The number of para-hydroxylation sites is 1. The van der Waals surface area contributed by atoms with Crippen LogP contribution in [0.4, 0.5) is 0 Å². The van der Waals surface area contributed by atoms with Gasteiger partial charge in [-0.2, -0.15) is 0 Å². The van der Waals surface area contributed by atoms with E-state index in [0.29, 0.717) is 0 Å². The molecular formula is C37H23NO. The van der Waals surface area contributed by atoms with E-state index >= 15 is 0 Å². The minimum Gasteiger partial charge on any atom is -0.456 e. The van der Waals surface area contributed by atoms with Crippen LogP contribution in [0.1, 0.15) is 0 Å². The lowest BCUT2D eigenvalue weighted by atomic mass is 9.86. The molecular weight excluding hydrogens is 474 g/mol. The summed E-state index contributed by atoms with van der Waals surface area (Å²) in [6, 6.07) is 47.0. The number of nitrogens with zero attached hydrogens (tertiary/aromatic N) is 1. The Bertz CT molecular complexity index is 2100. The van der Waals surface area contributed by atoms with Crippen LogP contribution in [-0.2, 0) is 0 Å². The fourth-order valence-electron chi connectivity index (χ4n) is 5.95. The van der Waals surface area contributed by atoms with Gasteiger partial charge in [-0.1, -0.05) is 103 Å². The number of hydrogen-bond acceptors (Lipinski definition) is 2. The number of fused-ring (bicyclic) bond motifs is 5. The van der Waals surface area contributed by atoms with Gasteiger partial charge in [-0.25, -0.2) is 0 Å². The molecule has 2 heteroatoms. The lowest BCUT2D eigenvalue weighted by Gasteiger charge is -2.17. The van der Waals surface area contributed by atoms with Crippen molar-refractivity contribution in [3.63, 3.8) is 0 Å². The molecule has 0 saturated heterocycles. The van der Waals surface area contributed by atoms with Crippen LogP contribution in [0.25, 0.3) is 77.0 Å². The summed E-state index contributed by atoms with van der Waals surface area (Å²) < 4.78 is 6.02. The van der Waals surface area contributed by atoms with Crippen molar-refractivity contribution < 1.29 is 4.42 Å². The van der Waals surface area contributed by atoms with Gasteiger partial charge in [0.1, 0.15) is 11.2 Å². The molecule has 0 fully saturated rings. The fourth-order valence-corrected chi connectivity index (χ4v) is 5.95. The molecule has 2 nitrogen and oxygen atoms in total. The summed E-state index contributed by atoms with van der Waals surface area (Å²) in [5, 5.41) is 7.20. The van der Waals surface area contributed by atoms with Crippen LogP contribution in [0.5, 0.6) is 0 Å². The third kappa shape index (κ3) is 3.46. The van der Waals surface area contributed by atoms with E-state index in [1.807, 2.05) is 24.4 Å². The first-order chi connectivity index (χ1) is 19.3. The molecule has 0 aliphatic rings. The summed E-state index contributed by atoms with van der Waals surface area (Å²) in [5.41, 5.74) is 8.66. The molecule has 2 heterocycles. The molecule has 0 atom stereocenters. The number of furan rings is 1. The van der Waals surface area contributed by atoms with Crippen molar-refractivity contribution in [3.8, 4) is 33.5 Å². The minimum absolute atomic E-state index is 0.896. The molecule has 39 heavy (non-hydrogen) atoms. The van der Waals surface area contributed by atoms with Gasteiger partial charge in [0, 0.05) is 28.1 Å². The Morgan fingerprint density at radius 1 is 0.385 bits per heavy atom. The molecule has 0 N–H and O–H groups in total. The molecule has 0 bridgehead atoms. The van der Waals surface area contributed by atoms with Crippen molar-refractivity contribution in [2.45, 2.75) is 0 Å². The van der Waals surface area contributed by atoms with E-state index in [9.17, 15) is 0 Å². The van der Waals surface area contributed by atoms with Crippen LogP contribution in [0.3, 0.4) is 0 Å². The van der Waals surface area contributed by atoms with E-state index in [4.69, 9.17) is 9.40 Å². The van der Waals surface area contributed by atoms with Crippen LogP contribution in [-0.4, -0.2) is 4.98 Å². The maximum absolute atomic E-state index is 6.02. The molecule has 182 valence electrons. The normalized spacial score (nSPS) is 11.6. The van der Waals surface area contributed by atoms with E-state index in [0.717, 1.165) is 38.8 Å². The van der Waals surface area contributed by atoms with Gasteiger partial charge in [-0.15, -0.1) is 0 Å². The maximum Gasteiger partial charge on any atom is 0.135 e. The topological polar surface area (TPSA) is 26.0 Å². The van der Waals surface area contributed by atoms with E-state index in [2.05, 4.69) is 115 Å². The Kier molecular flexibility index (Phi) is 4.86. The van der Waals surface area contributed by atoms with Gasteiger partial charge in [-0.3, -0.25) is 4.98 Å². The molecule has 0 aliphatic heterocycles. The summed E-state index contributed by atoms with van der Waals surface area (Å²) in [7, 11) is 0. The summed E-state index contributed by atoms with van der Waals surface area (Å²) in [4.78, 5) is 4.96. The van der Waals surface area contributed by atoms with Crippen LogP contribution in [0.2, 0.25) is 0 Å². The van der Waals surface area contributed by atoms with Crippen molar-refractivity contribution in [2.75, 3.05) is 0 Å². The average molecular weight is 498 g/mol. The first-order valence-electron chi connectivity index (χ1n) is 13.2. The van der Waals surface area contributed by atoms with E-state index in [-0.39, 0.29) is 0 Å². The number of hydrogen-bond donors (Lipinski definition) is 0. The zero-order valence-corrected chi connectivity index (χ0v) is 21.1. The first-order valence-corrected chi connectivity index (χ1v) is 13.2. The van der Waals surface area contributed by atoms with Crippen molar-refractivity contribution in [3.05, 3.63) is 140 Å². The summed E-state index contributed by atoms with van der Waals surface area (Å²) in [6.45, 7) is 0. The van der Waals surface area contributed by atoms with Gasteiger partial charge in [0.05, 0.1) is 5.69 Å². The fraction of sp³-hybridized carbons (Fsp3) is 0. The van der Waals surface area contributed by atoms with Crippen LogP contribution < -0.4 is 0 Å². The molecule has 0 aliphatic carbocycles. The molecule has 6 aromatic carbocycles. The van der Waals surface area contributed by atoms with Gasteiger partial charge in [-0.05, 0) is 68.6 Å². The molecule has 8 aromatic rings. The molecule has 0 saturated carbocycles. The third-order valence-corrected chi connectivity index (χ3v) is 7.72. The van der Waals surface area contributed by atoms with Crippen molar-refractivity contribution in [2.24, 2.45) is 0 Å². The standard InChI is InChI=1S/C37H23NO/c1-2-10-24(11-3-1)36-28-13-4-6-15-30(28)37(31-16-7-5-14-29(31)36)26-18-20-33(38-23-26)25-19-21-35-32(22-25)27-12-8-9-17-34(27)39-35/h1-23H. The summed E-state index contributed by atoms with van der Waals surface area (Å²) >= 11 is 0. The molecule has 0 amide bonds. The van der Waals surface area contributed by atoms with Gasteiger partial charge in [0.25, 0.3) is 0 Å². The zero-order chi connectivity index (χ0) is 25.8. The number of aromatic nitrogens is 1. The highest BCUT2D eigenvalue weighted by Gasteiger charge is 2.17. The second-order valence-electron chi connectivity index (χ2n) is 9.95. The Hall–Kier alpha value is -5.21. The second-order valence-corrected chi connectivity index (χ2v) is 9.95. The van der Waals surface area contributed by atoms with E-state index in [1.165, 1.54) is 38.2 Å². The molecule has 0 unspecified atom stereocenters. The highest BCUT2D eigenvalue weighted by molar-refractivity contribution is 6.21. The number of pyridine rings is 1. The molecule has 0 radical (unpaired) electrons. The predicted molar refractivity (Wildman–Crippen MR) is 163 cm³/mol. The molecule has 0 spiro atoms. The second kappa shape index (κ2) is 8.68. The van der Waals surface area contributed by atoms with Gasteiger partial charge in [0.15, 0.2) is 0 Å². The molecule has 8 rings (SSSR count). The highest BCUT2D eigenvalue weighted by atomic mass is 16.3. The number of benzene rings is 6. The van der Waals surface area contributed by atoms with E-state index < -0.39 is 0 Å². The summed E-state index contributed by atoms with van der Waals surface area (Å²) in [5.74, 6) is 0. The first kappa shape index (κ1) is 21.8. The smallest absolute Gasteiger partial charge is 0.135 e. The lowest BCUT2D eigenvalue weighted by Crippen LogP contribution is -1.91. The van der Waals surface area contributed by atoms with Gasteiger partial charge in [0.2, 0.25) is 0 Å². The Labute approximate surface area is 225 Å². The monoisotopic (exact) mass is 497 g/mol. The maximum atomic E-state index is 6.02. The Morgan fingerprint density at radius 2 is 0.923 bits per heavy atom. The average Bonchev–Trinajstić information content (AvgIpc) is 3.38. The largest absolute Gasteiger partial charge is 0.456 e. The zero-order valence-electron chi connectivity index (χ0n) is 21.1. The minimum atomic E-state index is 0.896. The van der Waals surface area contributed by atoms with Gasteiger partial charge < -0.3 is 4.42 Å². The molecule has 2 aromatic heterocycles. The Morgan fingerprint density at radius 3 is 1.56 bits per heavy atom. The van der Waals surface area contributed by atoms with Crippen LogP contribution in [0.15, 0.2) is 144 Å². The van der Waals surface area contributed by atoms with Crippen molar-refractivity contribution >= 4 is 43.5 Å². The van der Waals surface area contributed by atoms with Crippen LogP contribution >= 0.6 is 0 Å². The lowest BCUT2D eigenvalue weighted by molar-refractivity contribution is 0.669. The van der Waals surface area contributed by atoms with E-state index in [1.54, 1.807) is 0 Å². The predicted octanol–water partition coefficient (Wildman–Crippen LogP) is 10.3. The van der Waals surface area contributed by atoms with Crippen LogP contribution in [0, 0.1) is 0 Å². The number of rotatable bonds is 3. The van der Waals surface area contributed by atoms with Gasteiger partial charge >= 0.3 is 0 Å². The quantitative estimate of drug-likeness (QED) is 0.227.